The maximum absolute atomic E-state index is 6.17. The minimum atomic E-state index is 0.0310. The van der Waals surface area contributed by atoms with Crippen molar-refractivity contribution in [3.05, 3.63) is 16.5 Å². The molecule has 0 atom stereocenters. The molecule has 0 saturated heterocycles. The lowest BCUT2D eigenvalue weighted by atomic mass is 10.0. The lowest BCUT2D eigenvalue weighted by molar-refractivity contribution is 0.543. The normalized spacial score (nSPS) is 16.1. The van der Waals surface area contributed by atoms with Gasteiger partial charge in [-0.05, 0) is 40.0 Å². The van der Waals surface area contributed by atoms with E-state index in [2.05, 4.69) is 36.1 Å². The van der Waals surface area contributed by atoms with E-state index in [1.807, 2.05) is 6.92 Å². The highest BCUT2D eigenvalue weighted by Crippen LogP contribution is 2.39. The van der Waals surface area contributed by atoms with Crippen LogP contribution in [-0.4, -0.2) is 15.5 Å². The van der Waals surface area contributed by atoms with Crippen molar-refractivity contribution in [1.29, 1.82) is 0 Å². The van der Waals surface area contributed by atoms with Crippen molar-refractivity contribution in [3.63, 3.8) is 0 Å². The zero-order valence-corrected chi connectivity index (χ0v) is 11.7. The Balaban J connectivity index is 2.31. The Kier molecular flexibility index (Phi) is 3.30. The molecule has 0 spiro atoms. The number of rotatable bonds is 4. The maximum Gasteiger partial charge on any atom is 0.137 e. The first-order chi connectivity index (χ1) is 7.93. The van der Waals surface area contributed by atoms with Gasteiger partial charge in [-0.2, -0.15) is 0 Å². The summed E-state index contributed by atoms with van der Waals surface area (Å²) < 4.78 is 0. The lowest BCUT2D eigenvalue weighted by Crippen LogP contribution is -2.30. The van der Waals surface area contributed by atoms with Gasteiger partial charge in [0.2, 0.25) is 0 Å². The molecule has 0 aromatic carbocycles. The molecule has 0 unspecified atom stereocenters. The molecule has 94 valence electrons. The Hall–Kier alpha value is -0.830. The van der Waals surface area contributed by atoms with Crippen LogP contribution in [0.1, 0.15) is 57.3 Å². The van der Waals surface area contributed by atoms with Gasteiger partial charge in [-0.3, -0.25) is 0 Å². The highest BCUT2D eigenvalue weighted by molar-refractivity contribution is 6.30. The van der Waals surface area contributed by atoms with E-state index in [0.29, 0.717) is 11.1 Å². The number of nitrogens with zero attached hydrogens (tertiary/aromatic N) is 2. The molecule has 1 N–H and O–H groups in total. The molecule has 3 nitrogen and oxygen atoms in total. The monoisotopic (exact) mass is 253 g/mol. The molecule has 1 aromatic heterocycles. The quantitative estimate of drug-likeness (QED) is 0.827. The molecule has 0 aliphatic heterocycles. The summed E-state index contributed by atoms with van der Waals surface area (Å²) in [5.41, 5.74) is 0.973. The van der Waals surface area contributed by atoms with E-state index >= 15 is 0 Å². The fraction of sp³-hybridized carbons (Fsp3) is 0.692. The van der Waals surface area contributed by atoms with Gasteiger partial charge in [0.15, 0.2) is 0 Å². The van der Waals surface area contributed by atoms with Crippen LogP contribution in [0.4, 0.5) is 5.82 Å². The molecule has 0 radical (unpaired) electrons. The second-order valence-corrected chi connectivity index (χ2v) is 5.84. The molecule has 1 heterocycles. The van der Waals surface area contributed by atoms with E-state index in [-0.39, 0.29) is 5.54 Å². The standard InChI is InChI=1S/C13H20ClN3/c1-5-13(3,4)17-11-8(2)10(14)15-12(16-11)9-6-7-9/h9H,5-7H2,1-4H3,(H,15,16,17). The van der Waals surface area contributed by atoms with Crippen LogP contribution in [0.5, 0.6) is 0 Å². The third kappa shape index (κ3) is 2.89. The Morgan fingerprint density at radius 1 is 1.35 bits per heavy atom. The van der Waals surface area contributed by atoms with Crippen molar-refractivity contribution in [1.82, 2.24) is 9.97 Å². The average molecular weight is 254 g/mol. The largest absolute Gasteiger partial charge is 0.365 e. The molecule has 1 aromatic rings. The molecule has 1 aliphatic carbocycles. The van der Waals surface area contributed by atoms with Crippen LogP contribution in [-0.2, 0) is 0 Å². The van der Waals surface area contributed by atoms with Gasteiger partial charge < -0.3 is 5.32 Å². The lowest BCUT2D eigenvalue weighted by Gasteiger charge is -2.26. The van der Waals surface area contributed by atoms with E-state index in [1.54, 1.807) is 0 Å². The smallest absolute Gasteiger partial charge is 0.137 e. The number of hydrogen-bond acceptors (Lipinski definition) is 3. The highest BCUT2D eigenvalue weighted by Gasteiger charge is 2.28. The van der Waals surface area contributed by atoms with Gasteiger partial charge >= 0.3 is 0 Å². The third-order valence-electron chi connectivity index (χ3n) is 3.39. The Labute approximate surface area is 108 Å². The van der Waals surface area contributed by atoms with Gasteiger partial charge in [0.05, 0.1) is 0 Å². The van der Waals surface area contributed by atoms with E-state index in [0.717, 1.165) is 23.6 Å². The van der Waals surface area contributed by atoms with Crippen molar-refractivity contribution in [2.45, 2.75) is 58.4 Å². The Bertz CT molecular complexity index is 425. The zero-order valence-electron chi connectivity index (χ0n) is 11.0. The summed E-state index contributed by atoms with van der Waals surface area (Å²) in [5, 5.41) is 4.04. The molecule has 1 saturated carbocycles. The van der Waals surface area contributed by atoms with Crippen molar-refractivity contribution in [2.75, 3.05) is 5.32 Å². The SMILES string of the molecule is CCC(C)(C)Nc1nc(C2CC2)nc(Cl)c1C. The van der Waals surface area contributed by atoms with Gasteiger partial charge in [0.1, 0.15) is 16.8 Å². The van der Waals surface area contributed by atoms with Gasteiger partial charge in [-0.25, -0.2) is 9.97 Å². The highest BCUT2D eigenvalue weighted by atomic mass is 35.5. The molecular weight excluding hydrogens is 234 g/mol. The summed E-state index contributed by atoms with van der Waals surface area (Å²) in [5.74, 6) is 2.31. The summed E-state index contributed by atoms with van der Waals surface area (Å²) in [6, 6.07) is 0. The van der Waals surface area contributed by atoms with Crippen LogP contribution < -0.4 is 5.32 Å². The van der Waals surface area contributed by atoms with Crippen LogP contribution in [0.15, 0.2) is 0 Å². The molecule has 1 aliphatic rings. The van der Waals surface area contributed by atoms with Crippen molar-refractivity contribution in [3.8, 4) is 0 Å². The molecule has 17 heavy (non-hydrogen) atoms. The number of hydrogen-bond donors (Lipinski definition) is 1. The molecule has 4 heteroatoms. The van der Waals surface area contributed by atoms with Crippen molar-refractivity contribution in [2.24, 2.45) is 0 Å². The van der Waals surface area contributed by atoms with E-state index in [1.165, 1.54) is 12.8 Å². The Morgan fingerprint density at radius 3 is 2.53 bits per heavy atom. The summed E-state index contributed by atoms with van der Waals surface area (Å²) in [4.78, 5) is 8.99. The van der Waals surface area contributed by atoms with Crippen LogP contribution in [0, 0.1) is 6.92 Å². The average Bonchev–Trinajstić information content (AvgIpc) is 3.08. The van der Waals surface area contributed by atoms with Crippen LogP contribution in [0.3, 0.4) is 0 Å². The number of halogens is 1. The van der Waals surface area contributed by atoms with Gasteiger partial charge in [0.25, 0.3) is 0 Å². The van der Waals surface area contributed by atoms with E-state index in [9.17, 15) is 0 Å². The van der Waals surface area contributed by atoms with Crippen LogP contribution >= 0.6 is 11.6 Å². The summed E-state index contributed by atoms with van der Waals surface area (Å²) in [6.45, 7) is 8.46. The molecule has 0 amide bonds. The van der Waals surface area contributed by atoms with Gasteiger partial charge in [0, 0.05) is 17.0 Å². The topological polar surface area (TPSA) is 37.8 Å². The molecule has 2 rings (SSSR count). The predicted molar refractivity (Wildman–Crippen MR) is 71.7 cm³/mol. The number of nitrogens with one attached hydrogen (secondary N) is 1. The first kappa shape index (κ1) is 12.6. The minimum Gasteiger partial charge on any atom is -0.365 e. The molecule has 1 fully saturated rings. The zero-order chi connectivity index (χ0) is 12.6. The third-order valence-corrected chi connectivity index (χ3v) is 3.75. The maximum atomic E-state index is 6.17. The fourth-order valence-electron chi connectivity index (χ4n) is 1.56. The first-order valence-corrected chi connectivity index (χ1v) is 6.63. The number of anilines is 1. The van der Waals surface area contributed by atoms with Crippen LogP contribution in [0.25, 0.3) is 0 Å². The minimum absolute atomic E-state index is 0.0310. The fourth-order valence-corrected chi connectivity index (χ4v) is 1.74. The first-order valence-electron chi connectivity index (χ1n) is 6.25. The summed E-state index contributed by atoms with van der Waals surface area (Å²) in [6.07, 6.45) is 3.42. The van der Waals surface area contributed by atoms with Crippen LogP contribution in [0.2, 0.25) is 5.15 Å². The van der Waals surface area contributed by atoms with Gasteiger partial charge in [-0.1, -0.05) is 18.5 Å². The van der Waals surface area contributed by atoms with Gasteiger partial charge in [-0.15, -0.1) is 0 Å². The van der Waals surface area contributed by atoms with Crippen molar-refractivity contribution >= 4 is 17.4 Å². The summed E-state index contributed by atoms with van der Waals surface area (Å²) in [7, 11) is 0. The summed E-state index contributed by atoms with van der Waals surface area (Å²) >= 11 is 6.17. The molecular formula is C13H20ClN3. The second-order valence-electron chi connectivity index (χ2n) is 5.48. The van der Waals surface area contributed by atoms with E-state index < -0.39 is 0 Å². The number of aromatic nitrogens is 2. The second kappa shape index (κ2) is 4.45. The Morgan fingerprint density at radius 2 is 2.00 bits per heavy atom. The van der Waals surface area contributed by atoms with E-state index in [4.69, 9.17) is 11.6 Å². The predicted octanol–water partition coefficient (Wildman–Crippen LogP) is 3.92. The van der Waals surface area contributed by atoms with Crippen molar-refractivity contribution < 1.29 is 0 Å². The molecule has 0 bridgehead atoms.